The highest BCUT2D eigenvalue weighted by molar-refractivity contribution is 6.09. The minimum atomic E-state index is -1.08. The SMILES string of the molecule is CC[C@H]1CCCCN1C(=O)CN1C(=O)N[C@](CC)(c2ccccc2)C1=O. The van der Waals surface area contributed by atoms with Gasteiger partial charge in [-0.1, -0.05) is 44.2 Å². The lowest BCUT2D eigenvalue weighted by molar-refractivity contribution is -0.141. The summed E-state index contributed by atoms with van der Waals surface area (Å²) in [6.45, 7) is 4.46. The van der Waals surface area contributed by atoms with E-state index in [0.717, 1.165) is 36.1 Å². The molecule has 2 fully saturated rings. The Morgan fingerprint density at radius 2 is 1.92 bits per heavy atom. The summed E-state index contributed by atoms with van der Waals surface area (Å²) in [6.07, 6.45) is 4.43. The molecule has 6 heteroatoms. The van der Waals surface area contributed by atoms with E-state index in [1.807, 2.05) is 42.2 Å². The number of imide groups is 1. The molecular formula is C20H27N3O3. The standard InChI is InChI=1S/C20H27N3O3/c1-3-16-12-8-9-13-22(16)17(24)14-23-18(25)20(4-2,21-19(23)26)15-10-6-5-7-11-15/h5-7,10-11,16H,3-4,8-9,12-14H2,1-2H3,(H,21,26)/t16-,20+/m0/s1. The van der Waals surface area contributed by atoms with Gasteiger partial charge in [0.2, 0.25) is 5.91 Å². The molecular weight excluding hydrogens is 330 g/mol. The fraction of sp³-hybridized carbons (Fsp3) is 0.550. The van der Waals surface area contributed by atoms with Crippen LogP contribution in [-0.4, -0.2) is 46.8 Å². The fourth-order valence-corrected chi connectivity index (χ4v) is 4.11. The predicted octanol–water partition coefficient (Wildman–Crippen LogP) is 2.63. The number of hydrogen-bond donors (Lipinski definition) is 1. The van der Waals surface area contributed by atoms with Gasteiger partial charge in [0, 0.05) is 12.6 Å². The van der Waals surface area contributed by atoms with E-state index in [-0.39, 0.29) is 24.4 Å². The monoisotopic (exact) mass is 357 g/mol. The average Bonchev–Trinajstić information content (AvgIpc) is 2.93. The molecule has 0 aliphatic carbocycles. The normalized spacial score (nSPS) is 26.2. The molecule has 0 radical (unpaired) electrons. The molecule has 2 aliphatic heterocycles. The second-order valence-electron chi connectivity index (χ2n) is 7.09. The number of urea groups is 1. The van der Waals surface area contributed by atoms with Crippen LogP contribution in [0.25, 0.3) is 0 Å². The summed E-state index contributed by atoms with van der Waals surface area (Å²) in [6, 6.07) is 8.96. The highest BCUT2D eigenvalue weighted by Crippen LogP contribution is 2.32. The van der Waals surface area contributed by atoms with Crippen molar-refractivity contribution in [1.82, 2.24) is 15.1 Å². The van der Waals surface area contributed by atoms with Crippen LogP contribution >= 0.6 is 0 Å². The number of nitrogens with zero attached hydrogens (tertiary/aromatic N) is 2. The summed E-state index contributed by atoms with van der Waals surface area (Å²) in [4.78, 5) is 41.4. The Labute approximate surface area is 154 Å². The second kappa shape index (κ2) is 7.48. The van der Waals surface area contributed by atoms with Crippen LogP contribution < -0.4 is 5.32 Å². The molecule has 3 rings (SSSR count). The smallest absolute Gasteiger partial charge is 0.325 e. The summed E-state index contributed by atoms with van der Waals surface area (Å²) in [5, 5.41) is 2.83. The maximum atomic E-state index is 13.1. The van der Waals surface area contributed by atoms with Gasteiger partial charge in [0.05, 0.1) is 0 Å². The van der Waals surface area contributed by atoms with Crippen molar-refractivity contribution < 1.29 is 14.4 Å². The molecule has 0 bridgehead atoms. The first-order valence-electron chi connectivity index (χ1n) is 9.52. The lowest BCUT2D eigenvalue weighted by Crippen LogP contribution is -2.49. The molecule has 0 spiro atoms. The maximum Gasteiger partial charge on any atom is 0.325 e. The molecule has 0 unspecified atom stereocenters. The molecule has 2 heterocycles. The number of carbonyl (C=O) groups excluding carboxylic acids is 3. The van der Waals surface area contributed by atoms with Crippen LogP contribution in [0.1, 0.15) is 51.5 Å². The average molecular weight is 357 g/mol. The van der Waals surface area contributed by atoms with E-state index in [0.29, 0.717) is 13.0 Å². The van der Waals surface area contributed by atoms with Gasteiger partial charge in [0.25, 0.3) is 5.91 Å². The van der Waals surface area contributed by atoms with Gasteiger partial charge < -0.3 is 10.2 Å². The van der Waals surface area contributed by atoms with Gasteiger partial charge in [-0.15, -0.1) is 0 Å². The third-order valence-corrected chi connectivity index (χ3v) is 5.68. The summed E-state index contributed by atoms with van der Waals surface area (Å²) < 4.78 is 0. The number of likely N-dealkylation sites (tertiary alicyclic amines) is 1. The molecule has 6 nitrogen and oxygen atoms in total. The number of amides is 4. The zero-order chi connectivity index (χ0) is 18.7. The van der Waals surface area contributed by atoms with Crippen molar-refractivity contribution in [2.45, 2.75) is 57.5 Å². The molecule has 0 aromatic heterocycles. The molecule has 1 N–H and O–H groups in total. The minimum absolute atomic E-state index is 0.139. The van der Waals surface area contributed by atoms with Crippen molar-refractivity contribution in [2.75, 3.05) is 13.1 Å². The van der Waals surface area contributed by atoms with Crippen LogP contribution in [-0.2, 0) is 15.1 Å². The van der Waals surface area contributed by atoms with Crippen molar-refractivity contribution in [3.8, 4) is 0 Å². The quantitative estimate of drug-likeness (QED) is 0.824. The predicted molar refractivity (Wildman–Crippen MR) is 98.3 cm³/mol. The number of benzene rings is 1. The van der Waals surface area contributed by atoms with Crippen LogP contribution in [0.5, 0.6) is 0 Å². The Bertz CT molecular complexity index is 691. The number of hydrogen-bond acceptors (Lipinski definition) is 3. The number of nitrogens with one attached hydrogen (secondary N) is 1. The molecule has 26 heavy (non-hydrogen) atoms. The van der Waals surface area contributed by atoms with Crippen molar-refractivity contribution in [2.24, 2.45) is 0 Å². The first-order chi connectivity index (χ1) is 12.5. The van der Waals surface area contributed by atoms with Gasteiger partial charge in [0.15, 0.2) is 0 Å². The number of piperidine rings is 1. The Morgan fingerprint density at radius 1 is 1.19 bits per heavy atom. The van der Waals surface area contributed by atoms with Crippen molar-refractivity contribution in [3.63, 3.8) is 0 Å². The highest BCUT2D eigenvalue weighted by atomic mass is 16.2. The topological polar surface area (TPSA) is 69.7 Å². The molecule has 4 amide bonds. The highest BCUT2D eigenvalue weighted by Gasteiger charge is 2.51. The van der Waals surface area contributed by atoms with E-state index >= 15 is 0 Å². The fourth-order valence-electron chi connectivity index (χ4n) is 4.11. The van der Waals surface area contributed by atoms with E-state index in [4.69, 9.17) is 0 Å². The molecule has 2 saturated heterocycles. The first kappa shape index (κ1) is 18.4. The molecule has 0 saturated carbocycles. The lowest BCUT2D eigenvalue weighted by Gasteiger charge is -2.36. The second-order valence-corrected chi connectivity index (χ2v) is 7.09. The Hall–Kier alpha value is -2.37. The van der Waals surface area contributed by atoms with Crippen LogP contribution in [0.4, 0.5) is 4.79 Å². The van der Waals surface area contributed by atoms with E-state index in [1.165, 1.54) is 0 Å². The van der Waals surface area contributed by atoms with Crippen LogP contribution in [0, 0.1) is 0 Å². The number of rotatable bonds is 5. The van der Waals surface area contributed by atoms with Crippen LogP contribution in [0.15, 0.2) is 30.3 Å². The van der Waals surface area contributed by atoms with Crippen molar-refractivity contribution >= 4 is 17.8 Å². The summed E-state index contributed by atoms with van der Waals surface area (Å²) in [7, 11) is 0. The molecule has 1 aromatic carbocycles. The van der Waals surface area contributed by atoms with E-state index in [9.17, 15) is 14.4 Å². The summed E-state index contributed by atoms with van der Waals surface area (Å²) in [5.41, 5.74) is -0.329. The molecule has 1 aromatic rings. The molecule has 140 valence electrons. The van der Waals surface area contributed by atoms with E-state index in [1.54, 1.807) is 0 Å². The third kappa shape index (κ3) is 3.08. The minimum Gasteiger partial charge on any atom is -0.338 e. The van der Waals surface area contributed by atoms with Gasteiger partial charge in [-0.2, -0.15) is 0 Å². The van der Waals surface area contributed by atoms with Gasteiger partial charge in [0.1, 0.15) is 12.1 Å². The van der Waals surface area contributed by atoms with Crippen molar-refractivity contribution in [1.29, 1.82) is 0 Å². The van der Waals surface area contributed by atoms with Crippen molar-refractivity contribution in [3.05, 3.63) is 35.9 Å². The lowest BCUT2D eigenvalue weighted by atomic mass is 9.87. The molecule has 2 aliphatic rings. The largest absolute Gasteiger partial charge is 0.338 e. The van der Waals surface area contributed by atoms with E-state index < -0.39 is 11.6 Å². The van der Waals surface area contributed by atoms with Crippen LogP contribution in [0.3, 0.4) is 0 Å². The van der Waals surface area contributed by atoms with Gasteiger partial charge in [-0.05, 0) is 37.7 Å². The zero-order valence-corrected chi connectivity index (χ0v) is 15.5. The first-order valence-corrected chi connectivity index (χ1v) is 9.52. The van der Waals surface area contributed by atoms with Gasteiger partial charge in [-0.25, -0.2) is 4.79 Å². The molecule has 2 atom stereocenters. The summed E-state index contributed by atoms with van der Waals surface area (Å²) >= 11 is 0. The maximum absolute atomic E-state index is 13.1. The van der Waals surface area contributed by atoms with Crippen LogP contribution in [0.2, 0.25) is 0 Å². The van der Waals surface area contributed by atoms with Gasteiger partial charge >= 0.3 is 6.03 Å². The van der Waals surface area contributed by atoms with E-state index in [2.05, 4.69) is 12.2 Å². The third-order valence-electron chi connectivity index (χ3n) is 5.68. The Balaban J connectivity index is 1.80. The van der Waals surface area contributed by atoms with Gasteiger partial charge in [-0.3, -0.25) is 14.5 Å². The summed E-state index contributed by atoms with van der Waals surface area (Å²) in [5.74, 6) is -0.477. The zero-order valence-electron chi connectivity index (χ0n) is 15.5. The number of carbonyl (C=O) groups is 3. The Kier molecular flexibility index (Phi) is 5.30. The Morgan fingerprint density at radius 3 is 2.58 bits per heavy atom.